The molecule has 1 atom stereocenters. The SMILES string of the molecule is Cc1ccc(N(C)C(CN)C2CC2)c(C)c1. The zero-order valence-corrected chi connectivity index (χ0v) is 10.5. The van der Waals surface area contributed by atoms with E-state index in [0.29, 0.717) is 6.04 Å². The van der Waals surface area contributed by atoms with Crippen LogP contribution in [0.3, 0.4) is 0 Å². The highest BCUT2D eigenvalue weighted by Crippen LogP contribution is 2.36. The minimum absolute atomic E-state index is 0.515. The van der Waals surface area contributed by atoms with E-state index < -0.39 is 0 Å². The molecule has 88 valence electrons. The maximum atomic E-state index is 5.89. The summed E-state index contributed by atoms with van der Waals surface area (Å²) in [6.45, 7) is 5.08. The van der Waals surface area contributed by atoms with E-state index in [9.17, 15) is 0 Å². The first-order chi connectivity index (χ1) is 7.63. The van der Waals surface area contributed by atoms with E-state index in [4.69, 9.17) is 5.73 Å². The Kier molecular flexibility index (Phi) is 3.20. The van der Waals surface area contributed by atoms with Gasteiger partial charge in [0.1, 0.15) is 0 Å². The van der Waals surface area contributed by atoms with E-state index in [1.165, 1.54) is 29.7 Å². The minimum atomic E-state index is 0.515. The minimum Gasteiger partial charge on any atom is -0.370 e. The number of benzene rings is 1. The number of nitrogens with zero attached hydrogens (tertiary/aromatic N) is 1. The summed E-state index contributed by atoms with van der Waals surface area (Å²) >= 11 is 0. The number of nitrogens with two attached hydrogens (primary N) is 1. The first kappa shape index (κ1) is 11.5. The van der Waals surface area contributed by atoms with E-state index in [-0.39, 0.29) is 0 Å². The van der Waals surface area contributed by atoms with Gasteiger partial charge in [-0.15, -0.1) is 0 Å². The van der Waals surface area contributed by atoms with Crippen molar-refractivity contribution in [3.05, 3.63) is 29.3 Å². The Bertz CT molecular complexity index is 369. The molecule has 0 aromatic heterocycles. The Balaban J connectivity index is 2.21. The van der Waals surface area contributed by atoms with Crippen molar-refractivity contribution < 1.29 is 0 Å². The fourth-order valence-electron chi connectivity index (χ4n) is 2.53. The molecule has 1 aromatic rings. The molecule has 2 N–H and O–H groups in total. The molecule has 2 heteroatoms. The number of anilines is 1. The van der Waals surface area contributed by atoms with Crippen LogP contribution in [-0.4, -0.2) is 19.6 Å². The molecule has 1 fully saturated rings. The van der Waals surface area contributed by atoms with Crippen LogP contribution >= 0.6 is 0 Å². The average molecular weight is 218 g/mol. The van der Waals surface area contributed by atoms with Crippen LogP contribution in [0.4, 0.5) is 5.69 Å². The summed E-state index contributed by atoms with van der Waals surface area (Å²) < 4.78 is 0. The van der Waals surface area contributed by atoms with Crippen LogP contribution < -0.4 is 10.6 Å². The number of hydrogen-bond donors (Lipinski definition) is 1. The average Bonchev–Trinajstić information content (AvgIpc) is 3.02. The van der Waals surface area contributed by atoms with Gasteiger partial charge in [-0.25, -0.2) is 0 Å². The van der Waals surface area contributed by atoms with Crippen molar-refractivity contribution in [3.8, 4) is 0 Å². The van der Waals surface area contributed by atoms with Gasteiger partial charge in [0.2, 0.25) is 0 Å². The third kappa shape index (κ3) is 2.22. The number of rotatable bonds is 4. The highest BCUT2D eigenvalue weighted by molar-refractivity contribution is 5.54. The molecule has 1 unspecified atom stereocenters. The van der Waals surface area contributed by atoms with Gasteiger partial charge in [0.15, 0.2) is 0 Å². The van der Waals surface area contributed by atoms with Crippen LogP contribution in [0, 0.1) is 19.8 Å². The molecule has 0 aliphatic heterocycles. The van der Waals surface area contributed by atoms with Crippen molar-refractivity contribution >= 4 is 5.69 Å². The first-order valence-electron chi connectivity index (χ1n) is 6.13. The van der Waals surface area contributed by atoms with Gasteiger partial charge < -0.3 is 10.6 Å². The molecule has 0 spiro atoms. The zero-order chi connectivity index (χ0) is 11.7. The quantitative estimate of drug-likeness (QED) is 0.841. The van der Waals surface area contributed by atoms with Crippen LogP contribution in [0.2, 0.25) is 0 Å². The topological polar surface area (TPSA) is 29.3 Å². The van der Waals surface area contributed by atoms with Crippen molar-refractivity contribution in [2.45, 2.75) is 32.7 Å². The molecule has 2 nitrogen and oxygen atoms in total. The van der Waals surface area contributed by atoms with Gasteiger partial charge in [-0.2, -0.15) is 0 Å². The van der Waals surface area contributed by atoms with E-state index in [2.05, 4.69) is 44.0 Å². The lowest BCUT2D eigenvalue weighted by Crippen LogP contribution is -2.40. The highest BCUT2D eigenvalue weighted by atomic mass is 15.2. The van der Waals surface area contributed by atoms with Crippen molar-refractivity contribution in [2.24, 2.45) is 11.7 Å². The lowest BCUT2D eigenvalue weighted by atomic mass is 10.1. The Labute approximate surface area is 98.4 Å². The summed E-state index contributed by atoms with van der Waals surface area (Å²) in [5, 5.41) is 0. The smallest absolute Gasteiger partial charge is 0.0437 e. The second-order valence-electron chi connectivity index (χ2n) is 5.04. The van der Waals surface area contributed by atoms with E-state index in [1.807, 2.05) is 0 Å². The van der Waals surface area contributed by atoms with Gasteiger partial charge in [0.25, 0.3) is 0 Å². The number of aryl methyl sites for hydroxylation is 2. The molecule has 0 bridgehead atoms. The fourth-order valence-corrected chi connectivity index (χ4v) is 2.53. The van der Waals surface area contributed by atoms with Crippen LogP contribution in [0.1, 0.15) is 24.0 Å². The van der Waals surface area contributed by atoms with E-state index >= 15 is 0 Å². The second kappa shape index (κ2) is 4.46. The maximum absolute atomic E-state index is 5.89. The van der Waals surface area contributed by atoms with Gasteiger partial charge in [-0.05, 0) is 44.2 Å². The molecule has 0 heterocycles. The van der Waals surface area contributed by atoms with Crippen molar-refractivity contribution in [2.75, 3.05) is 18.5 Å². The molecular weight excluding hydrogens is 196 g/mol. The molecule has 1 saturated carbocycles. The third-order valence-electron chi connectivity index (χ3n) is 3.64. The van der Waals surface area contributed by atoms with Gasteiger partial charge >= 0.3 is 0 Å². The first-order valence-corrected chi connectivity index (χ1v) is 6.13. The summed E-state index contributed by atoms with van der Waals surface area (Å²) in [6.07, 6.45) is 2.69. The van der Waals surface area contributed by atoms with Crippen LogP contribution in [0.25, 0.3) is 0 Å². The fraction of sp³-hybridized carbons (Fsp3) is 0.571. The maximum Gasteiger partial charge on any atom is 0.0437 e. The van der Waals surface area contributed by atoms with E-state index in [0.717, 1.165) is 12.5 Å². The molecule has 1 aliphatic rings. The van der Waals surface area contributed by atoms with Crippen LogP contribution in [0.5, 0.6) is 0 Å². The molecular formula is C14H22N2. The van der Waals surface area contributed by atoms with Gasteiger partial charge in [0, 0.05) is 25.3 Å². The predicted octanol–water partition coefficient (Wildman–Crippen LogP) is 2.48. The summed E-state index contributed by atoms with van der Waals surface area (Å²) in [6, 6.07) is 7.16. The van der Waals surface area contributed by atoms with Crippen molar-refractivity contribution in [3.63, 3.8) is 0 Å². The van der Waals surface area contributed by atoms with Crippen LogP contribution in [0.15, 0.2) is 18.2 Å². The molecule has 0 radical (unpaired) electrons. The summed E-state index contributed by atoms with van der Waals surface area (Å²) in [5.41, 5.74) is 9.89. The highest BCUT2D eigenvalue weighted by Gasteiger charge is 2.33. The standard InChI is InChI=1S/C14H22N2/c1-10-4-7-13(11(2)8-10)16(3)14(9-15)12-5-6-12/h4,7-8,12,14H,5-6,9,15H2,1-3H3. The Morgan fingerprint density at radius 2 is 2.06 bits per heavy atom. The number of hydrogen-bond acceptors (Lipinski definition) is 2. The normalized spacial score (nSPS) is 17.2. The van der Waals surface area contributed by atoms with Gasteiger partial charge in [-0.1, -0.05) is 17.7 Å². The summed E-state index contributed by atoms with van der Waals surface area (Å²) in [4.78, 5) is 2.37. The molecule has 1 aromatic carbocycles. The predicted molar refractivity (Wildman–Crippen MR) is 69.9 cm³/mol. The number of likely N-dealkylation sites (N-methyl/N-ethyl adjacent to an activating group) is 1. The summed E-state index contributed by atoms with van der Waals surface area (Å²) in [5.74, 6) is 0.815. The Morgan fingerprint density at radius 3 is 2.56 bits per heavy atom. The van der Waals surface area contributed by atoms with Gasteiger partial charge in [0.05, 0.1) is 0 Å². The van der Waals surface area contributed by atoms with Crippen molar-refractivity contribution in [1.82, 2.24) is 0 Å². The summed E-state index contributed by atoms with van der Waals surface area (Å²) in [7, 11) is 2.17. The monoisotopic (exact) mass is 218 g/mol. The molecule has 0 amide bonds. The lowest BCUT2D eigenvalue weighted by molar-refractivity contribution is 0.570. The molecule has 16 heavy (non-hydrogen) atoms. The Hall–Kier alpha value is -1.02. The van der Waals surface area contributed by atoms with Crippen molar-refractivity contribution in [1.29, 1.82) is 0 Å². The lowest BCUT2D eigenvalue weighted by Gasteiger charge is -2.30. The van der Waals surface area contributed by atoms with Gasteiger partial charge in [-0.3, -0.25) is 0 Å². The second-order valence-corrected chi connectivity index (χ2v) is 5.04. The molecule has 2 rings (SSSR count). The van der Waals surface area contributed by atoms with E-state index in [1.54, 1.807) is 0 Å². The third-order valence-corrected chi connectivity index (χ3v) is 3.64. The Morgan fingerprint density at radius 1 is 1.38 bits per heavy atom. The largest absolute Gasteiger partial charge is 0.370 e. The molecule has 0 saturated heterocycles. The molecule has 1 aliphatic carbocycles. The zero-order valence-electron chi connectivity index (χ0n) is 10.5. The van der Waals surface area contributed by atoms with Crippen LogP contribution in [-0.2, 0) is 0 Å².